The molecule has 1 aliphatic rings. The van der Waals surface area contributed by atoms with Crippen LogP contribution in [0.15, 0.2) is 6.07 Å². The lowest BCUT2D eigenvalue weighted by Gasteiger charge is -2.26. The molecule has 5 nitrogen and oxygen atoms in total. The normalized spacial score (nSPS) is 17.6. The van der Waals surface area contributed by atoms with Crippen molar-refractivity contribution in [2.45, 2.75) is 64.3 Å². The molecule has 0 saturated heterocycles. The van der Waals surface area contributed by atoms with Crippen molar-refractivity contribution in [3.63, 3.8) is 0 Å². The molecule has 0 spiro atoms. The van der Waals surface area contributed by atoms with Crippen molar-refractivity contribution in [2.24, 2.45) is 0 Å². The Bertz CT molecular complexity index is 554. The molecule has 0 aliphatic heterocycles. The summed E-state index contributed by atoms with van der Waals surface area (Å²) in [6.45, 7) is 3.76. The number of nitrogens with one attached hydrogen (secondary N) is 1. The highest BCUT2D eigenvalue weighted by molar-refractivity contribution is 5.96. The Morgan fingerprint density at radius 3 is 2.57 bits per heavy atom. The van der Waals surface area contributed by atoms with Gasteiger partial charge in [-0.15, -0.1) is 0 Å². The number of nitrogens with zero attached hydrogens (tertiary/aromatic N) is 3. The summed E-state index contributed by atoms with van der Waals surface area (Å²) >= 11 is 0. The van der Waals surface area contributed by atoms with Crippen LogP contribution in [0.25, 0.3) is 0 Å². The predicted octanol–water partition coefficient (Wildman–Crippen LogP) is 2.69. The van der Waals surface area contributed by atoms with E-state index in [1.54, 1.807) is 6.07 Å². The van der Waals surface area contributed by atoms with Crippen molar-refractivity contribution < 1.29 is 4.79 Å². The molecular weight excluding hydrogens is 264 g/mol. The summed E-state index contributed by atoms with van der Waals surface area (Å²) in [5.41, 5.74) is 1.21. The summed E-state index contributed by atoms with van der Waals surface area (Å²) in [6, 6.07) is 4.10. The van der Waals surface area contributed by atoms with Crippen LogP contribution in [-0.2, 0) is 6.42 Å². The van der Waals surface area contributed by atoms with Crippen LogP contribution in [0, 0.1) is 18.3 Å². The summed E-state index contributed by atoms with van der Waals surface area (Å²) in [4.78, 5) is 12.6. The van der Waals surface area contributed by atoms with E-state index < -0.39 is 5.54 Å². The van der Waals surface area contributed by atoms with Crippen LogP contribution in [0.3, 0.4) is 0 Å². The minimum atomic E-state index is -0.726. The molecule has 0 aromatic carbocycles. The third kappa shape index (κ3) is 3.57. The van der Waals surface area contributed by atoms with Crippen molar-refractivity contribution in [2.75, 3.05) is 0 Å². The Morgan fingerprint density at radius 2 is 2.00 bits per heavy atom. The van der Waals surface area contributed by atoms with Crippen molar-refractivity contribution >= 4 is 5.91 Å². The summed E-state index contributed by atoms with van der Waals surface area (Å²) in [5, 5.41) is 20.6. The molecule has 0 unspecified atom stereocenters. The van der Waals surface area contributed by atoms with Crippen LogP contribution in [0.5, 0.6) is 0 Å². The van der Waals surface area contributed by atoms with Gasteiger partial charge >= 0.3 is 0 Å². The van der Waals surface area contributed by atoms with Crippen LogP contribution < -0.4 is 5.32 Å². The Morgan fingerprint density at radius 1 is 1.33 bits per heavy atom. The number of aromatic nitrogens is 2. The van der Waals surface area contributed by atoms with E-state index in [0.29, 0.717) is 23.4 Å². The predicted molar refractivity (Wildman–Crippen MR) is 79.7 cm³/mol. The number of aryl methyl sites for hydroxylation is 2. The minimum absolute atomic E-state index is 0.201. The molecule has 1 aromatic rings. The molecule has 1 amide bonds. The summed E-state index contributed by atoms with van der Waals surface area (Å²) in [5.74, 6) is -0.201. The second-order valence-electron chi connectivity index (χ2n) is 5.76. The maximum Gasteiger partial charge on any atom is 0.254 e. The van der Waals surface area contributed by atoms with Crippen LogP contribution in [0.2, 0.25) is 0 Å². The standard InChI is InChI=1S/C16H22N4O/c1-3-14-13(10-12(2)19-20-14)15(21)18-16(11-17)8-6-4-5-7-9-16/h10H,3-9H2,1-2H3,(H,18,21). The fourth-order valence-electron chi connectivity index (χ4n) is 2.85. The highest BCUT2D eigenvalue weighted by Gasteiger charge is 2.33. The number of amides is 1. The second kappa shape index (κ2) is 6.66. The summed E-state index contributed by atoms with van der Waals surface area (Å²) in [6.07, 6.45) is 6.35. The Labute approximate surface area is 125 Å². The molecule has 0 atom stereocenters. The molecule has 1 N–H and O–H groups in total. The zero-order valence-electron chi connectivity index (χ0n) is 12.8. The van der Waals surface area contributed by atoms with E-state index in [-0.39, 0.29) is 5.91 Å². The van der Waals surface area contributed by atoms with E-state index in [0.717, 1.165) is 38.5 Å². The average molecular weight is 286 g/mol. The van der Waals surface area contributed by atoms with E-state index in [1.165, 1.54) is 0 Å². The largest absolute Gasteiger partial charge is 0.334 e. The van der Waals surface area contributed by atoms with Crippen molar-refractivity contribution in [1.29, 1.82) is 5.26 Å². The second-order valence-corrected chi connectivity index (χ2v) is 5.76. The fourth-order valence-corrected chi connectivity index (χ4v) is 2.85. The zero-order chi connectivity index (χ0) is 15.3. The quantitative estimate of drug-likeness (QED) is 0.866. The maximum atomic E-state index is 12.6. The van der Waals surface area contributed by atoms with Crippen molar-refractivity contribution in [1.82, 2.24) is 15.5 Å². The third-order valence-corrected chi connectivity index (χ3v) is 4.10. The summed E-state index contributed by atoms with van der Waals surface area (Å²) in [7, 11) is 0. The van der Waals surface area contributed by atoms with Crippen LogP contribution in [0.1, 0.15) is 67.2 Å². The number of hydrogen-bond acceptors (Lipinski definition) is 4. The molecule has 21 heavy (non-hydrogen) atoms. The Hall–Kier alpha value is -1.96. The highest BCUT2D eigenvalue weighted by atomic mass is 16.1. The lowest BCUT2D eigenvalue weighted by atomic mass is 9.91. The first-order valence-electron chi connectivity index (χ1n) is 7.67. The van der Waals surface area contributed by atoms with Gasteiger partial charge in [-0.2, -0.15) is 15.5 Å². The van der Waals surface area contributed by atoms with Gasteiger partial charge in [0, 0.05) is 0 Å². The molecule has 1 fully saturated rings. The number of nitriles is 1. The van der Waals surface area contributed by atoms with Crippen LogP contribution >= 0.6 is 0 Å². The van der Waals surface area contributed by atoms with Gasteiger partial charge in [-0.1, -0.05) is 32.6 Å². The molecule has 2 rings (SSSR count). The van der Waals surface area contributed by atoms with Gasteiger partial charge < -0.3 is 5.32 Å². The van der Waals surface area contributed by atoms with E-state index in [2.05, 4.69) is 21.6 Å². The van der Waals surface area contributed by atoms with E-state index >= 15 is 0 Å². The van der Waals surface area contributed by atoms with Gasteiger partial charge in [-0.25, -0.2) is 0 Å². The van der Waals surface area contributed by atoms with Crippen LogP contribution in [-0.4, -0.2) is 21.6 Å². The molecular formula is C16H22N4O. The number of hydrogen-bond donors (Lipinski definition) is 1. The summed E-state index contributed by atoms with van der Waals surface area (Å²) < 4.78 is 0. The van der Waals surface area contributed by atoms with E-state index in [9.17, 15) is 10.1 Å². The smallest absolute Gasteiger partial charge is 0.254 e. The van der Waals surface area contributed by atoms with Crippen LogP contribution in [0.4, 0.5) is 0 Å². The molecule has 1 saturated carbocycles. The van der Waals surface area contributed by atoms with E-state index in [4.69, 9.17) is 0 Å². The van der Waals surface area contributed by atoms with E-state index in [1.807, 2.05) is 13.8 Å². The first-order valence-corrected chi connectivity index (χ1v) is 7.67. The molecule has 1 aromatic heterocycles. The monoisotopic (exact) mass is 286 g/mol. The molecule has 1 heterocycles. The van der Waals surface area contributed by atoms with Gasteiger partial charge in [0.05, 0.1) is 23.0 Å². The van der Waals surface area contributed by atoms with Gasteiger partial charge in [-0.05, 0) is 32.3 Å². The lowest BCUT2D eigenvalue weighted by molar-refractivity contribution is 0.0911. The average Bonchev–Trinajstić information content (AvgIpc) is 2.73. The number of carbonyl (C=O) groups is 1. The first-order chi connectivity index (χ1) is 10.1. The SMILES string of the molecule is CCc1nnc(C)cc1C(=O)NC1(C#N)CCCCCC1. The molecule has 0 bridgehead atoms. The molecule has 112 valence electrons. The molecule has 5 heteroatoms. The molecule has 1 aliphatic carbocycles. The van der Waals surface area contributed by atoms with Gasteiger partial charge in [0.1, 0.15) is 5.54 Å². The van der Waals surface area contributed by atoms with Gasteiger partial charge in [0.15, 0.2) is 0 Å². The zero-order valence-corrected chi connectivity index (χ0v) is 12.8. The van der Waals surface area contributed by atoms with Gasteiger partial charge in [-0.3, -0.25) is 4.79 Å². The number of rotatable bonds is 3. The topological polar surface area (TPSA) is 78.7 Å². The Balaban J connectivity index is 2.24. The first kappa shape index (κ1) is 15.4. The number of carbonyl (C=O) groups excluding carboxylic acids is 1. The maximum absolute atomic E-state index is 12.6. The lowest BCUT2D eigenvalue weighted by Crippen LogP contribution is -2.47. The third-order valence-electron chi connectivity index (χ3n) is 4.10. The van der Waals surface area contributed by atoms with Gasteiger partial charge in [0.25, 0.3) is 5.91 Å². The van der Waals surface area contributed by atoms with Crippen molar-refractivity contribution in [3.8, 4) is 6.07 Å². The highest BCUT2D eigenvalue weighted by Crippen LogP contribution is 2.27. The molecule has 0 radical (unpaired) electrons. The Kier molecular flexibility index (Phi) is 4.89. The minimum Gasteiger partial charge on any atom is -0.334 e. The van der Waals surface area contributed by atoms with Crippen molar-refractivity contribution in [3.05, 3.63) is 23.0 Å². The van der Waals surface area contributed by atoms with Gasteiger partial charge in [0.2, 0.25) is 0 Å². The fraction of sp³-hybridized carbons (Fsp3) is 0.625.